The summed E-state index contributed by atoms with van der Waals surface area (Å²) in [4.78, 5) is 14.7. The Morgan fingerprint density at radius 1 is 0.893 bits per heavy atom. The number of rotatable bonds is 6. The Balaban J connectivity index is 1.72. The molecule has 0 saturated heterocycles. The van der Waals surface area contributed by atoms with Crippen LogP contribution in [0.3, 0.4) is 0 Å². The molecule has 0 saturated carbocycles. The summed E-state index contributed by atoms with van der Waals surface area (Å²) >= 11 is 0. The zero-order chi connectivity index (χ0) is 19.3. The summed E-state index contributed by atoms with van der Waals surface area (Å²) in [7, 11) is 0. The molecule has 1 heterocycles. The predicted octanol–water partition coefficient (Wildman–Crippen LogP) is 4.59. The van der Waals surface area contributed by atoms with E-state index in [1.165, 1.54) is 0 Å². The molecular weight excluding hydrogens is 346 g/mol. The van der Waals surface area contributed by atoms with Crippen molar-refractivity contribution in [3.63, 3.8) is 0 Å². The highest BCUT2D eigenvalue weighted by atomic mass is 16.2. The summed E-state index contributed by atoms with van der Waals surface area (Å²) in [6.45, 7) is 2.77. The zero-order valence-electron chi connectivity index (χ0n) is 15.9. The number of nitrogens with one attached hydrogen (secondary N) is 1. The van der Waals surface area contributed by atoms with E-state index in [1.807, 2.05) is 89.8 Å². The van der Waals surface area contributed by atoms with E-state index < -0.39 is 0 Å². The van der Waals surface area contributed by atoms with Crippen LogP contribution in [0.2, 0.25) is 0 Å². The van der Waals surface area contributed by atoms with E-state index in [1.54, 1.807) is 0 Å². The minimum Gasteiger partial charge on any atom is -0.313 e. The van der Waals surface area contributed by atoms with Crippen molar-refractivity contribution in [3.05, 3.63) is 107 Å². The van der Waals surface area contributed by atoms with Crippen molar-refractivity contribution >= 4 is 11.6 Å². The maximum absolute atomic E-state index is 12.8. The van der Waals surface area contributed by atoms with Crippen molar-refractivity contribution < 1.29 is 4.79 Å². The molecule has 1 atom stereocenters. The topological polar surface area (TPSA) is 44.7 Å². The first kappa shape index (κ1) is 18.0. The second-order valence-corrected chi connectivity index (χ2v) is 6.81. The molecule has 4 rings (SSSR count). The first-order valence-electron chi connectivity index (χ1n) is 9.63. The molecule has 0 spiro atoms. The average molecular weight is 369 g/mol. The summed E-state index contributed by atoms with van der Waals surface area (Å²) in [6, 6.07) is 28.0. The third kappa shape index (κ3) is 3.41. The van der Waals surface area contributed by atoms with Gasteiger partial charge in [-0.3, -0.25) is 10.2 Å². The number of hydrogen-bond donors (Lipinski definition) is 1. The van der Waals surface area contributed by atoms with Gasteiger partial charge in [0.15, 0.2) is 0 Å². The van der Waals surface area contributed by atoms with Crippen molar-refractivity contribution in [2.75, 3.05) is 6.54 Å². The average Bonchev–Trinajstić information content (AvgIpc) is 3.02. The van der Waals surface area contributed by atoms with Crippen LogP contribution in [-0.4, -0.2) is 23.1 Å². The van der Waals surface area contributed by atoms with E-state index >= 15 is 0 Å². The van der Waals surface area contributed by atoms with Gasteiger partial charge in [0.2, 0.25) is 0 Å². The van der Waals surface area contributed by atoms with Crippen molar-refractivity contribution in [3.8, 4) is 0 Å². The molecule has 28 heavy (non-hydrogen) atoms. The van der Waals surface area contributed by atoms with Gasteiger partial charge in [-0.1, -0.05) is 85.8 Å². The number of fused-ring (bicyclic) bond motifs is 1. The summed E-state index contributed by atoms with van der Waals surface area (Å²) < 4.78 is 0. The second-order valence-electron chi connectivity index (χ2n) is 6.81. The number of benzene rings is 3. The number of nitrogens with zero attached hydrogens (tertiary/aromatic N) is 2. The molecule has 0 unspecified atom stereocenters. The molecule has 4 nitrogen and oxygen atoms in total. The Labute approximate surface area is 165 Å². The van der Waals surface area contributed by atoms with Crippen LogP contribution < -0.4 is 5.43 Å². The Morgan fingerprint density at radius 2 is 1.46 bits per heavy atom. The van der Waals surface area contributed by atoms with Gasteiger partial charge in [0.1, 0.15) is 6.17 Å². The SMILES string of the molecule is CCCN1C(=O)c2ccccc2[C@H]1NN=C(c1ccccc1)c1ccccc1. The predicted molar refractivity (Wildman–Crippen MR) is 112 cm³/mol. The Hall–Kier alpha value is -3.40. The van der Waals surface area contributed by atoms with E-state index in [4.69, 9.17) is 5.10 Å². The first-order chi connectivity index (χ1) is 13.8. The van der Waals surface area contributed by atoms with Crippen molar-refractivity contribution in [1.29, 1.82) is 0 Å². The molecule has 0 aromatic heterocycles. The van der Waals surface area contributed by atoms with Crippen LogP contribution >= 0.6 is 0 Å². The number of hydrogen-bond acceptors (Lipinski definition) is 3. The fourth-order valence-electron chi connectivity index (χ4n) is 3.59. The summed E-state index contributed by atoms with van der Waals surface area (Å²) in [5.74, 6) is 0.0612. The number of hydrazone groups is 1. The zero-order valence-corrected chi connectivity index (χ0v) is 15.9. The highest BCUT2D eigenvalue weighted by molar-refractivity contribution is 6.12. The highest BCUT2D eigenvalue weighted by Gasteiger charge is 2.35. The summed E-state index contributed by atoms with van der Waals surface area (Å²) in [5, 5.41) is 4.78. The molecule has 0 aliphatic carbocycles. The summed E-state index contributed by atoms with van der Waals surface area (Å²) in [6.07, 6.45) is 0.636. The van der Waals surface area contributed by atoms with Gasteiger partial charge < -0.3 is 4.90 Å². The molecule has 3 aromatic carbocycles. The lowest BCUT2D eigenvalue weighted by molar-refractivity contribution is 0.0696. The van der Waals surface area contributed by atoms with Crippen LogP contribution in [0.1, 0.15) is 46.6 Å². The third-order valence-electron chi connectivity index (χ3n) is 4.92. The third-order valence-corrected chi connectivity index (χ3v) is 4.92. The standard InChI is InChI=1S/C24H23N3O/c1-2-17-27-23(20-15-9-10-16-21(20)24(27)28)26-25-22(18-11-5-3-6-12-18)19-13-7-4-8-14-19/h3-16,23,26H,2,17H2,1H3/t23-/m0/s1. The molecule has 3 aromatic rings. The van der Waals surface area contributed by atoms with Gasteiger partial charge in [-0.15, -0.1) is 0 Å². The van der Waals surface area contributed by atoms with Crippen LogP contribution in [0.4, 0.5) is 0 Å². The van der Waals surface area contributed by atoms with E-state index in [0.29, 0.717) is 6.54 Å². The largest absolute Gasteiger partial charge is 0.313 e. The van der Waals surface area contributed by atoms with Crippen LogP contribution in [-0.2, 0) is 0 Å². The van der Waals surface area contributed by atoms with E-state index in [9.17, 15) is 4.79 Å². The van der Waals surface area contributed by atoms with E-state index in [0.717, 1.165) is 34.4 Å². The van der Waals surface area contributed by atoms with Crippen molar-refractivity contribution in [1.82, 2.24) is 10.3 Å². The maximum atomic E-state index is 12.8. The highest BCUT2D eigenvalue weighted by Crippen LogP contribution is 2.31. The van der Waals surface area contributed by atoms with Crippen molar-refractivity contribution in [2.24, 2.45) is 5.10 Å². The van der Waals surface area contributed by atoms with E-state index in [2.05, 4.69) is 12.3 Å². The number of amides is 1. The Kier molecular flexibility index (Phi) is 5.20. The van der Waals surface area contributed by atoms with Gasteiger partial charge in [-0.05, 0) is 12.5 Å². The lowest BCUT2D eigenvalue weighted by Gasteiger charge is -2.25. The van der Waals surface area contributed by atoms with Gasteiger partial charge in [-0.2, -0.15) is 5.10 Å². The smallest absolute Gasteiger partial charge is 0.256 e. The first-order valence-corrected chi connectivity index (χ1v) is 9.63. The number of carbonyl (C=O) groups is 1. The molecule has 140 valence electrons. The molecule has 1 aliphatic heterocycles. The van der Waals surface area contributed by atoms with Gasteiger partial charge >= 0.3 is 0 Å². The molecule has 1 N–H and O–H groups in total. The normalized spacial score (nSPS) is 15.2. The minimum absolute atomic E-state index is 0.0612. The fourth-order valence-corrected chi connectivity index (χ4v) is 3.59. The second kappa shape index (κ2) is 8.09. The van der Waals surface area contributed by atoms with E-state index in [-0.39, 0.29) is 12.1 Å². The van der Waals surface area contributed by atoms with Crippen LogP contribution in [0.5, 0.6) is 0 Å². The minimum atomic E-state index is -0.258. The molecule has 0 fully saturated rings. The van der Waals surface area contributed by atoms with Crippen LogP contribution in [0, 0.1) is 0 Å². The maximum Gasteiger partial charge on any atom is 0.256 e. The lowest BCUT2D eigenvalue weighted by Crippen LogP contribution is -2.35. The number of carbonyl (C=O) groups excluding carboxylic acids is 1. The molecule has 0 bridgehead atoms. The quantitative estimate of drug-likeness (QED) is 0.510. The van der Waals surface area contributed by atoms with Gasteiger partial charge in [-0.25, -0.2) is 0 Å². The van der Waals surface area contributed by atoms with Crippen LogP contribution in [0.15, 0.2) is 90.0 Å². The van der Waals surface area contributed by atoms with Crippen molar-refractivity contribution in [2.45, 2.75) is 19.5 Å². The van der Waals surface area contributed by atoms with Gasteiger partial charge in [0.05, 0.1) is 5.71 Å². The van der Waals surface area contributed by atoms with Crippen LogP contribution in [0.25, 0.3) is 0 Å². The molecular formula is C24H23N3O. The fraction of sp³-hybridized carbons (Fsp3) is 0.167. The monoisotopic (exact) mass is 369 g/mol. The van der Waals surface area contributed by atoms with Gasteiger partial charge in [0, 0.05) is 28.8 Å². The molecule has 4 heteroatoms. The lowest BCUT2D eigenvalue weighted by atomic mass is 10.0. The Bertz CT molecular complexity index is 942. The molecule has 1 aliphatic rings. The summed E-state index contributed by atoms with van der Waals surface area (Å²) in [5.41, 5.74) is 7.94. The van der Waals surface area contributed by atoms with Gasteiger partial charge in [0.25, 0.3) is 5.91 Å². The Morgan fingerprint density at radius 3 is 2.07 bits per heavy atom. The molecule has 0 radical (unpaired) electrons. The molecule has 1 amide bonds.